The second-order valence-electron chi connectivity index (χ2n) is 10.8. The summed E-state index contributed by atoms with van der Waals surface area (Å²) >= 11 is 0. The van der Waals surface area contributed by atoms with Crippen molar-refractivity contribution in [3.8, 4) is 11.5 Å². The van der Waals surface area contributed by atoms with E-state index in [2.05, 4.69) is 16.0 Å². The predicted octanol–water partition coefficient (Wildman–Crippen LogP) is 4.58. The van der Waals surface area contributed by atoms with Crippen LogP contribution >= 0.6 is 0 Å². The zero-order valence-corrected chi connectivity index (χ0v) is 22.4. The van der Waals surface area contributed by atoms with Crippen molar-refractivity contribution in [2.45, 2.75) is 51.9 Å². The number of nitrogens with one attached hydrogen (secondary N) is 1. The van der Waals surface area contributed by atoms with Crippen molar-refractivity contribution in [1.29, 1.82) is 0 Å². The SMILES string of the molecule is CC(C)N1C(=O)C(NC(=O)CCn2c3c(c4ccccc42)CCn2c-3nc3ccccc3c2=O)c2ccccc21. The molecule has 1 atom stereocenters. The Morgan fingerprint density at radius 2 is 1.70 bits per heavy atom. The van der Waals surface area contributed by atoms with Gasteiger partial charge in [0.15, 0.2) is 5.82 Å². The summed E-state index contributed by atoms with van der Waals surface area (Å²) in [6, 6.07) is 22.5. The van der Waals surface area contributed by atoms with Gasteiger partial charge in [0.2, 0.25) is 5.91 Å². The number of benzene rings is 3. The molecular weight excluding hydrogens is 502 g/mol. The highest BCUT2D eigenvalue weighted by molar-refractivity contribution is 6.06. The lowest BCUT2D eigenvalue weighted by atomic mass is 10.0. The fourth-order valence-electron chi connectivity index (χ4n) is 6.36. The van der Waals surface area contributed by atoms with Gasteiger partial charge >= 0.3 is 0 Å². The summed E-state index contributed by atoms with van der Waals surface area (Å²) in [6.07, 6.45) is 0.886. The van der Waals surface area contributed by atoms with E-state index in [1.54, 1.807) is 9.47 Å². The first-order valence-electron chi connectivity index (χ1n) is 13.8. The van der Waals surface area contributed by atoms with E-state index in [0.29, 0.717) is 36.2 Å². The number of fused-ring (bicyclic) bond motifs is 7. The minimum absolute atomic E-state index is 0.0135. The minimum atomic E-state index is -0.700. The number of aromatic nitrogens is 3. The van der Waals surface area contributed by atoms with Crippen molar-refractivity contribution >= 4 is 39.3 Å². The lowest BCUT2D eigenvalue weighted by molar-refractivity contribution is -0.127. The summed E-state index contributed by atoms with van der Waals surface area (Å²) in [6.45, 7) is 4.89. The van der Waals surface area contributed by atoms with E-state index in [-0.39, 0.29) is 29.8 Å². The maximum absolute atomic E-state index is 13.4. The Morgan fingerprint density at radius 3 is 2.52 bits per heavy atom. The van der Waals surface area contributed by atoms with Gasteiger partial charge in [-0.3, -0.25) is 19.0 Å². The largest absolute Gasteiger partial charge is 0.340 e. The summed E-state index contributed by atoms with van der Waals surface area (Å²) in [4.78, 5) is 46.7. The van der Waals surface area contributed by atoms with Crippen LogP contribution in [0.1, 0.15) is 37.4 Å². The molecule has 7 rings (SSSR count). The van der Waals surface area contributed by atoms with Crippen LogP contribution in [0.5, 0.6) is 0 Å². The summed E-state index contributed by atoms with van der Waals surface area (Å²) in [5.74, 6) is 0.316. The molecule has 0 saturated carbocycles. The van der Waals surface area contributed by atoms with Gasteiger partial charge in [-0.15, -0.1) is 0 Å². The molecule has 2 aromatic heterocycles. The van der Waals surface area contributed by atoms with Gasteiger partial charge in [0.25, 0.3) is 11.5 Å². The summed E-state index contributed by atoms with van der Waals surface area (Å²) < 4.78 is 3.87. The van der Waals surface area contributed by atoms with Crippen molar-refractivity contribution in [3.63, 3.8) is 0 Å². The molecule has 200 valence electrons. The first-order valence-corrected chi connectivity index (χ1v) is 13.8. The fraction of sp³-hybridized carbons (Fsp3) is 0.250. The first kappa shape index (κ1) is 24.3. The molecule has 0 saturated heterocycles. The number of hydrogen-bond donors (Lipinski definition) is 1. The van der Waals surface area contributed by atoms with Crippen molar-refractivity contribution in [3.05, 3.63) is 94.3 Å². The maximum Gasteiger partial charge on any atom is 0.261 e. The van der Waals surface area contributed by atoms with Crippen LogP contribution in [0.4, 0.5) is 5.69 Å². The zero-order chi connectivity index (χ0) is 27.5. The van der Waals surface area contributed by atoms with Gasteiger partial charge in [-0.25, -0.2) is 4.98 Å². The van der Waals surface area contributed by atoms with Gasteiger partial charge < -0.3 is 14.8 Å². The van der Waals surface area contributed by atoms with Gasteiger partial charge in [-0.1, -0.05) is 48.5 Å². The first-order chi connectivity index (χ1) is 19.4. The standard InChI is InChI=1S/C32H29N5O3/c1-19(2)37-26-14-8-5-11-23(26)28(32(37)40)34-27(38)16-18-35-25-13-7-4-9-20(25)21-15-17-36-30(29(21)35)33-24-12-6-3-10-22(24)31(36)39/h3-14,19,28H,15-18H2,1-2H3,(H,34,38). The molecule has 5 aromatic rings. The number of carbonyl (C=O) groups is 2. The Bertz CT molecular complexity index is 1900. The van der Waals surface area contributed by atoms with Crippen LogP contribution in [0.2, 0.25) is 0 Å². The van der Waals surface area contributed by atoms with E-state index in [4.69, 9.17) is 4.98 Å². The average Bonchev–Trinajstić information content (AvgIpc) is 3.44. The third-order valence-corrected chi connectivity index (χ3v) is 8.11. The molecule has 0 aliphatic carbocycles. The Kier molecular flexibility index (Phi) is 5.59. The number of amides is 2. The zero-order valence-electron chi connectivity index (χ0n) is 22.4. The van der Waals surface area contributed by atoms with E-state index in [9.17, 15) is 14.4 Å². The van der Waals surface area contributed by atoms with Crippen LogP contribution in [0.25, 0.3) is 33.3 Å². The molecule has 0 fully saturated rings. The topological polar surface area (TPSA) is 89.2 Å². The minimum Gasteiger partial charge on any atom is -0.340 e. The second-order valence-corrected chi connectivity index (χ2v) is 10.8. The monoisotopic (exact) mass is 531 g/mol. The molecule has 8 nitrogen and oxygen atoms in total. The van der Waals surface area contributed by atoms with E-state index in [1.807, 2.05) is 80.6 Å². The van der Waals surface area contributed by atoms with Crippen LogP contribution in [-0.4, -0.2) is 32.0 Å². The molecule has 4 heterocycles. The van der Waals surface area contributed by atoms with Crippen molar-refractivity contribution in [2.75, 3.05) is 4.90 Å². The van der Waals surface area contributed by atoms with Gasteiger partial charge in [0.05, 0.1) is 16.6 Å². The number of rotatable bonds is 5. The highest BCUT2D eigenvalue weighted by Gasteiger charge is 2.39. The molecule has 40 heavy (non-hydrogen) atoms. The number of nitrogens with zero attached hydrogens (tertiary/aromatic N) is 4. The molecule has 0 radical (unpaired) electrons. The van der Waals surface area contributed by atoms with Crippen LogP contribution in [-0.2, 0) is 29.1 Å². The van der Waals surface area contributed by atoms with Gasteiger partial charge in [0, 0.05) is 47.7 Å². The molecule has 2 amide bonds. The Balaban J connectivity index is 1.24. The van der Waals surface area contributed by atoms with Crippen LogP contribution in [0.3, 0.4) is 0 Å². The fourth-order valence-corrected chi connectivity index (χ4v) is 6.36. The summed E-state index contributed by atoms with van der Waals surface area (Å²) in [5, 5.41) is 4.71. The van der Waals surface area contributed by atoms with E-state index >= 15 is 0 Å². The van der Waals surface area contributed by atoms with E-state index < -0.39 is 6.04 Å². The van der Waals surface area contributed by atoms with E-state index in [0.717, 1.165) is 33.4 Å². The number of aryl methyl sites for hydroxylation is 2. The highest BCUT2D eigenvalue weighted by atomic mass is 16.2. The second kappa shape index (κ2) is 9.19. The van der Waals surface area contributed by atoms with Crippen LogP contribution in [0, 0.1) is 0 Å². The third kappa shape index (κ3) is 3.59. The van der Waals surface area contributed by atoms with Crippen LogP contribution in [0.15, 0.2) is 77.6 Å². The van der Waals surface area contributed by atoms with Crippen molar-refractivity contribution in [2.24, 2.45) is 0 Å². The number of hydrogen-bond acceptors (Lipinski definition) is 4. The predicted molar refractivity (Wildman–Crippen MR) is 155 cm³/mol. The quantitative estimate of drug-likeness (QED) is 0.360. The third-order valence-electron chi connectivity index (χ3n) is 8.11. The Labute approximate surface area is 230 Å². The molecule has 1 unspecified atom stereocenters. The van der Waals surface area contributed by atoms with Crippen molar-refractivity contribution in [1.82, 2.24) is 19.4 Å². The molecule has 2 aliphatic heterocycles. The van der Waals surface area contributed by atoms with Crippen LogP contribution < -0.4 is 15.8 Å². The molecule has 1 N–H and O–H groups in total. The highest BCUT2D eigenvalue weighted by Crippen LogP contribution is 2.38. The lowest BCUT2D eigenvalue weighted by Crippen LogP contribution is -2.40. The molecule has 0 spiro atoms. The Morgan fingerprint density at radius 1 is 0.975 bits per heavy atom. The van der Waals surface area contributed by atoms with Gasteiger partial charge in [-0.2, -0.15) is 0 Å². The average molecular weight is 532 g/mol. The lowest BCUT2D eigenvalue weighted by Gasteiger charge is -2.22. The summed E-state index contributed by atoms with van der Waals surface area (Å²) in [5.41, 5.74) is 5.32. The van der Waals surface area contributed by atoms with Crippen molar-refractivity contribution < 1.29 is 9.59 Å². The van der Waals surface area contributed by atoms with Gasteiger partial charge in [0.1, 0.15) is 6.04 Å². The molecule has 2 aliphatic rings. The Hall–Kier alpha value is -4.72. The number of para-hydroxylation sites is 3. The number of anilines is 1. The molecule has 0 bridgehead atoms. The van der Waals surface area contributed by atoms with Gasteiger partial charge in [-0.05, 0) is 50.1 Å². The maximum atomic E-state index is 13.4. The molecular formula is C32H29N5O3. The van der Waals surface area contributed by atoms with E-state index in [1.165, 1.54) is 0 Å². The summed E-state index contributed by atoms with van der Waals surface area (Å²) in [7, 11) is 0. The number of carbonyl (C=O) groups excluding carboxylic acids is 2. The normalized spacial score (nSPS) is 15.9. The molecule has 3 aromatic carbocycles. The molecule has 8 heteroatoms. The smallest absolute Gasteiger partial charge is 0.261 e.